The first-order chi connectivity index (χ1) is 17.2. The van der Waals surface area contributed by atoms with Crippen molar-refractivity contribution in [2.24, 2.45) is 11.1 Å². The Bertz CT molecular complexity index is 938. The zero-order valence-electron chi connectivity index (χ0n) is 20.7. The van der Waals surface area contributed by atoms with Gasteiger partial charge in [0.2, 0.25) is 15.9 Å². The summed E-state index contributed by atoms with van der Waals surface area (Å²) in [5.41, 5.74) is 0.291. The molecule has 9 nitrogen and oxygen atoms in total. The molecule has 2 saturated heterocycles. The number of primary sulfonamides is 1. The van der Waals surface area contributed by atoms with Gasteiger partial charge in [-0.3, -0.25) is 20.3 Å². The topological polar surface area (TPSA) is 126 Å². The number of amides is 1. The third-order valence-corrected chi connectivity index (χ3v) is 7.82. The Morgan fingerprint density at radius 3 is 2.58 bits per heavy atom. The van der Waals surface area contributed by atoms with E-state index < -0.39 is 15.8 Å². The van der Waals surface area contributed by atoms with Gasteiger partial charge in [-0.15, -0.1) is 11.6 Å². The van der Waals surface area contributed by atoms with E-state index in [0.29, 0.717) is 43.2 Å². The van der Waals surface area contributed by atoms with Gasteiger partial charge in [0, 0.05) is 38.8 Å². The molecular formula is C24H39ClFN5O4S. The molecule has 3 rings (SSSR count). The molecule has 36 heavy (non-hydrogen) atoms. The first kappa shape index (κ1) is 29.1. The van der Waals surface area contributed by atoms with Crippen molar-refractivity contribution < 1.29 is 22.3 Å². The predicted molar refractivity (Wildman–Crippen MR) is 139 cm³/mol. The second kappa shape index (κ2) is 14.4. The van der Waals surface area contributed by atoms with Crippen molar-refractivity contribution >= 4 is 27.5 Å². The average Bonchev–Trinajstić information content (AvgIpc) is 2.83. The minimum Gasteiger partial charge on any atom is -0.493 e. The summed E-state index contributed by atoms with van der Waals surface area (Å²) in [5.74, 6) is 0.217. The van der Waals surface area contributed by atoms with Gasteiger partial charge in [-0.1, -0.05) is 6.07 Å². The maximum Gasteiger partial charge on any atom is 0.224 e. The average molecular weight is 548 g/mol. The lowest BCUT2D eigenvalue weighted by Gasteiger charge is -2.41. The summed E-state index contributed by atoms with van der Waals surface area (Å²) in [7, 11) is -3.49. The Labute approximate surface area is 218 Å². The van der Waals surface area contributed by atoms with E-state index in [1.807, 2.05) is 0 Å². The van der Waals surface area contributed by atoms with Crippen molar-refractivity contribution in [3.05, 3.63) is 29.6 Å². The summed E-state index contributed by atoms with van der Waals surface area (Å²) in [6.07, 6.45) is 5.29. The van der Waals surface area contributed by atoms with E-state index in [-0.39, 0.29) is 29.7 Å². The highest BCUT2D eigenvalue weighted by Gasteiger charge is 2.27. The van der Waals surface area contributed by atoms with E-state index in [1.165, 1.54) is 6.07 Å². The van der Waals surface area contributed by atoms with Crippen LogP contribution in [0.3, 0.4) is 0 Å². The Morgan fingerprint density at radius 1 is 1.19 bits per heavy atom. The Hall–Kier alpha value is -1.50. The SMILES string of the molecule is NS(=O)(=O)CCCCNC(=O)Cc1ccc(OCCCC2CCN(C3NCC(Cl)CN3)CC2)cc1F. The number of carbonyl (C=O) groups is 1. The molecule has 2 heterocycles. The van der Waals surface area contributed by atoms with Gasteiger partial charge in [-0.25, -0.2) is 17.9 Å². The number of unbranched alkanes of at least 4 members (excludes halogenated alkanes) is 1. The standard InChI is InChI=1S/C24H39ClFN5O4S/c25-20-16-29-24(30-17-20)31-10-7-18(8-11-31)4-3-12-35-21-6-5-19(22(26)15-21)14-23(32)28-9-1-2-13-36(27,33)34/h5-6,15,18,20,24,29-30H,1-4,7-14,16-17H2,(H,28,32)(H2,27,33,34). The fourth-order valence-electron chi connectivity index (χ4n) is 4.60. The fourth-order valence-corrected chi connectivity index (χ4v) is 5.38. The molecule has 1 aromatic rings. The molecule has 0 spiro atoms. The lowest BCUT2D eigenvalue weighted by atomic mass is 9.92. The lowest BCUT2D eigenvalue weighted by molar-refractivity contribution is -0.120. The minimum atomic E-state index is -3.49. The Kier molecular flexibility index (Phi) is 11.7. The fraction of sp³-hybridized carbons (Fsp3) is 0.708. The third-order valence-electron chi connectivity index (χ3n) is 6.66. The van der Waals surface area contributed by atoms with Crippen LogP contribution in [0.15, 0.2) is 18.2 Å². The smallest absolute Gasteiger partial charge is 0.224 e. The number of nitrogens with two attached hydrogens (primary N) is 1. The van der Waals surface area contributed by atoms with Gasteiger partial charge in [0.25, 0.3) is 0 Å². The molecule has 12 heteroatoms. The monoisotopic (exact) mass is 547 g/mol. The van der Waals surface area contributed by atoms with Gasteiger partial charge >= 0.3 is 0 Å². The summed E-state index contributed by atoms with van der Waals surface area (Å²) in [5, 5.41) is 14.7. The molecule has 2 aliphatic rings. The number of hydrogen-bond donors (Lipinski definition) is 4. The van der Waals surface area contributed by atoms with Crippen LogP contribution in [0.25, 0.3) is 0 Å². The first-order valence-electron chi connectivity index (χ1n) is 12.7. The van der Waals surface area contributed by atoms with Gasteiger partial charge in [-0.2, -0.15) is 0 Å². The highest BCUT2D eigenvalue weighted by atomic mass is 35.5. The normalized spacial score (nSPS) is 21.9. The minimum absolute atomic E-state index is 0.0850. The van der Waals surface area contributed by atoms with Gasteiger partial charge < -0.3 is 10.1 Å². The number of sulfonamides is 1. The van der Waals surface area contributed by atoms with E-state index in [4.69, 9.17) is 21.5 Å². The van der Waals surface area contributed by atoms with Gasteiger partial charge in [0.05, 0.1) is 24.2 Å². The molecule has 1 aromatic carbocycles. The Morgan fingerprint density at radius 2 is 1.92 bits per heavy atom. The molecule has 5 N–H and O–H groups in total. The number of piperidine rings is 1. The summed E-state index contributed by atoms with van der Waals surface area (Å²) < 4.78 is 42.0. The quantitative estimate of drug-likeness (QED) is 0.218. The summed E-state index contributed by atoms with van der Waals surface area (Å²) in [4.78, 5) is 14.5. The molecule has 2 fully saturated rings. The number of likely N-dealkylation sites (tertiary alicyclic amines) is 1. The van der Waals surface area contributed by atoms with Crippen molar-refractivity contribution in [1.29, 1.82) is 0 Å². The number of rotatable bonds is 13. The summed E-state index contributed by atoms with van der Waals surface area (Å²) in [6.45, 7) is 4.62. The molecule has 0 aromatic heterocycles. The van der Waals surface area contributed by atoms with Crippen molar-refractivity contribution in [2.75, 3.05) is 45.1 Å². The zero-order chi connectivity index (χ0) is 26.0. The number of carbonyl (C=O) groups excluding carboxylic acids is 1. The van der Waals surface area contributed by atoms with Crippen molar-refractivity contribution in [3.8, 4) is 5.75 Å². The number of ether oxygens (including phenoxy) is 1. The zero-order valence-corrected chi connectivity index (χ0v) is 22.3. The van der Waals surface area contributed by atoms with Gasteiger partial charge in [0.15, 0.2) is 0 Å². The predicted octanol–water partition coefficient (Wildman–Crippen LogP) is 1.51. The Balaban J connectivity index is 1.28. The van der Waals surface area contributed by atoms with Crippen molar-refractivity contribution in [1.82, 2.24) is 20.9 Å². The highest BCUT2D eigenvalue weighted by Crippen LogP contribution is 2.24. The van der Waals surface area contributed by atoms with E-state index in [1.54, 1.807) is 12.1 Å². The number of nitrogens with zero attached hydrogens (tertiary/aromatic N) is 1. The molecule has 2 aliphatic heterocycles. The van der Waals surface area contributed by atoms with Crippen LogP contribution < -0.4 is 25.8 Å². The van der Waals surface area contributed by atoms with Crippen LogP contribution in [0.4, 0.5) is 4.39 Å². The van der Waals surface area contributed by atoms with E-state index in [9.17, 15) is 17.6 Å². The van der Waals surface area contributed by atoms with Crippen LogP contribution in [-0.2, 0) is 21.2 Å². The van der Waals surface area contributed by atoms with E-state index in [2.05, 4.69) is 20.9 Å². The van der Waals surface area contributed by atoms with Crippen LogP contribution in [-0.4, -0.2) is 76.0 Å². The van der Waals surface area contributed by atoms with E-state index >= 15 is 0 Å². The second-order valence-corrected chi connectivity index (χ2v) is 12.0. The molecule has 0 bridgehead atoms. The largest absolute Gasteiger partial charge is 0.493 e. The van der Waals surface area contributed by atoms with Crippen LogP contribution in [0.5, 0.6) is 5.75 Å². The maximum atomic E-state index is 14.4. The molecule has 0 unspecified atom stereocenters. The number of benzene rings is 1. The van der Waals surface area contributed by atoms with Gasteiger partial charge in [-0.05, 0) is 56.1 Å². The van der Waals surface area contributed by atoms with Crippen LogP contribution >= 0.6 is 11.6 Å². The van der Waals surface area contributed by atoms with Crippen molar-refractivity contribution in [3.63, 3.8) is 0 Å². The molecule has 204 valence electrons. The summed E-state index contributed by atoms with van der Waals surface area (Å²) in [6, 6.07) is 4.58. The number of halogens is 2. The first-order valence-corrected chi connectivity index (χ1v) is 14.9. The molecule has 1 amide bonds. The molecule has 0 atom stereocenters. The van der Waals surface area contributed by atoms with Crippen LogP contribution in [0, 0.1) is 11.7 Å². The van der Waals surface area contributed by atoms with Crippen LogP contribution in [0.2, 0.25) is 0 Å². The van der Waals surface area contributed by atoms with Crippen LogP contribution in [0.1, 0.15) is 44.1 Å². The van der Waals surface area contributed by atoms with Crippen molar-refractivity contribution in [2.45, 2.75) is 56.6 Å². The van der Waals surface area contributed by atoms with Gasteiger partial charge in [0.1, 0.15) is 17.9 Å². The summed E-state index contributed by atoms with van der Waals surface area (Å²) >= 11 is 6.12. The number of nitrogens with one attached hydrogen (secondary N) is 3. The third kappa shape index (κ3) is 10.5. The van der Waals surface area contributed by atoms with E-state index in [0.717, 1.165) is 51.9 Å². The second-order valence-electron chi connectivity index (χ2n) is 9.64. The molecule has 0 saturated carbocycles. The molecule has 0 aliphatic carbocycles. The lowest BCUT2D eigenvalue weighted by Crippen LogP contribution is -2.62. The number of hydrogen-bond acceptors (Lipinski definition) is 7. The highest BCUT2D eigenvalue weighted by molar-refractivity contribution is 7.89. The maximum absolute atomic E-state index is 14.4. The number of alkyl halides is 1. The molecular weight excluding hydrogens is 509 g/mol. The molecule has 0 radical (unpaired) electrons.